The Hall–Kier alpha value is -4.76. The van der Waals surface area contributed by atoms with Gasteiger partial charge in [-0.05, 0) is 85.3 Å². The van der Waals surface area contributed by atoms with Crippen molar-refractivity contribution in [3.63, 3.8) is 0 Å². The summed E-state index contributed by atoms with van der Waals surface area (Å²) in [5.41, 5.74) is 7.46. The molecule has 0 aliphatic rings. The van der Waals surface area contributed by atoms with Gasteiger partial charge in [-0.1, -0.05) is 115 Å². The highest BCUT2D eigenvalue weighted by atomic mass is 32.1. The molecule has 42 heavy (non-hydrogen) atoms. The zero-order chi connectivity index (χ0) is 27.6. The van der Waals surface area contributed by atoms with Gasteiger partial charge in [-0.15, -0.1) is 22.7 Å². The second kappa shape index (κ2) is 9.39. The van der Waals surface area contributed by atoms with Crippen molar-refractivity contribution in [2.75, 3.05) is 0 Å². The number of thiophene rings is 2. The van der Waals surface area contributed by atoms with Crippen molar-refractivity contribution in [1.82, 2.24) is 0 Å². The highest BCUT2D eigenvalue weighted by molar-refractivity contribution is 7.36. The summed E-state index contributed by atoms with van der Waals surface area (Å²) in [6.07, 6.45) is 0. The van der Waals surface area contributed by atoms with Crippen LogP contribution in [0.15, 0.2) is 146 Å². The van der Waals surface area contributed by atoms with Crippen LogP contribution in [-0.4, -0.2) is 0 Å². The second-order valence-electron chi connectivity index (χ2n) is 11.0. The van der Waals surface area contributed by atoms with Gasteiger partial charge in [-0.3, -0.25) is 0 Å². The average molecular weight is 569 g/mol. The SMILES string of the molecule is c1ccc(-c2ccc(-c3ccc(-c4ccc5cc6sc7c8cc9ccccc9cc8sc7c6cc5c4)cc3)cc2)cc1. The number of rotatable bonds is 3. The molecule has 0 aliphatic carbocycles. The van der Waals surface area contributed by atoms with Gasteiger partial charge in [0.05, 0.1) is 9.40 Å². The first kappa shape index (κ1) is 23.9. The van der Waals surface area contributed by atoms with Crippen molar-refractivity contribution in [3.8, 4) is 33.4 Å². The fraction of sp³-hybridized carbons (Fsp3) is 0. The van der Waals surface area contributed by atoms with Gasteiger partial charge in [0.1, 0.15) is 0 Å². The van der Waals surface area contributed by atoms with Crippen LogP contribution in [0.1, 0.15) is 0 Å². The van der Waals surface area contributed by atoms with Crippen molar-refractivity contribution in [3.05, 3.63) is 146 Å². The minimum Gasteiger partial charge on any atom is -0.134 e. The van der Waals surface area contributed by atoms with Gasteiger partial charge >= 0.3 is 0 Å². The van der Waals surface area contributed by atoms with Gasteiger partial charge in [0.15, 0.2) is 0 Å². The summed E-state index contributed by atoms with van der Waals surface area (Å²) >= 11 is 3.86. The Morgan fingerprint density at radius 3 is 1.26 bits per heavy atom. The number of hydrogen-bond donors (Lipinski definition) is 0. The van der Waals surface area contributed by atoms with E-state index in [0.29, 0.717) is 0 Å². The lowest BCUT2D eigenvalue weighted by Gasteiger charge is -2.08. The van der Waals surface area contributed by atoms with Crippen LogP contribution < -0.4 is 0 Å². The molecule has 2 aromatic heterocycles. The molecule has 196 valence electrons. The monoisotopic (exact) mass is 568 g/mol. The molecule has 0 saturated heterocycles. The molecule has 0 nitrogen and oxygen atoms in total. The molecule has 9 aromatic rings. The molecule has 0 N–H and O–H groups in total. The average Bonchev–Trinajstić information content (AvgIpc) is 3.58. The smallest absolute Gasteiger partial charge is 0.0542 e. The molecule has 0 radical (unpaired) electrons. The topological polar surface area (TPSA) is 0 Å². The third-order valence-corrected chi connectivity index (χ3v) is 11.0. The number of hydrogen-bond acceptors (Lipinski definition) is 2. The van der Waals surface area contributed by atoms with Crippen LogP contribution in [0, 0.1) is 0 Å². The highest BCUT2D eigenvalue weighted by Gasteiger charge is 2.14. The molecular weight excluding hydrogens is 545 g/mol. The van der Waals surface area contributed by atoms with Gasteiger partial charge in [-0.25, -0.2) is 0 Å². The predicted molar refractivity (Wildman–Crippen MR) is 186 cm³/mol. The van der Waals surface area contributed by atoms with Crippen molar-refractivity contribution in [2.45, 2.75) is 0 Å². The molecule has 0 spiro atoms. The summed E-state index contributed by atoms with van der Waals surface area (Å²) in [7, 11) is 0. The summed E-state index contributed by atoms with van der Waals surface area (Å²) in [6.45, 7) is 0. The van der Waals surface area contributed by atoms with Gasteiger partial charge in [0.25, 0.3) is 0 Å². The molecule has 0 amide bonds. The first-order chi connectivity index (χ1) is 20.8. The van der Waals surface area contributed by atoms with E-state index in [1.807, 2.05) is 22.7 Å². The van der Waals surface area contributed by atoms with E-state index in [0.717, 1.165) is 0 Å². The van der Waals surface area contributed by atoms with Gasteiger partial charge in [-0.2, -0.15) is 0 Å². The molecular formula is C40H24S2. The predicted octanol–water partition coefficient (Wildman–Crippen LogP) is 12.6. The molecule has 7 aromatic carbocycles. The third kappa shape index (κ3) is 3.88. The fourth-order valence-corrected chi connectivity index (χ4v) is 8.90. The minimum absolute atomic E-state index is 1.24. The Morgan fingerprint density at radius 2 is 0.690 bits per heavy atom. The van der Waals surface area contributed by atoms with E-state index in [1.165, 1.54) is 84.5 Å². The fourth-order valence-electron chi connectivity index (χ4n) is 6.21. The van der Waals surface area contributed by atoms with Crippen LogP contribution in [0.4, 0.5) is 0 Å². The lowest BCUT2D eigenvalue weighted by Crippen LogP contribution is -1.82. The summed E-state index contributed by atoms with van der Waals surface area (Å²) in [5.74, 6) is 0. The number of fused-ring (bicyclic) bond motifs is 7. The Bertz CT molecular complexity index is 2420. The van der Waals surface area contributed by atoms with Gasteiger partial charge in [0.2, 0.25) is 0 Å². The largest absolute Gasteiger partial charge is 0.134 e. The van der Waals surface area contributed by atoms with E-state index in [4.69, 9.17) is 0 Å². The van der Waals surface area contributed by atoms with Crippen LogP contribution in [0.5, 0.6) is 0 Å². The van der Waals surface area contributed by atoms with E-state index in [1.54, 1.807) is 0 Å². The highest BCUT2D eigenvalue weighted by Crippen LogP contribution is 2.46. The molecule has 0 unspecified atom stereocenters. The van der Waals surface area contributed by atoms with Gasteiger partial charge in [0, 0.05) is 20.2 Å². The molecule has 2 heterocycles. The molecule has 0 fully saturated rings. The lowest BCUT2D eigenvalue weighted by atomic mass is 9.97. The molecule has 0 atom stereocenters. The molecule has 9 rings (SSSR count). The summed E-state index contributed by atoms with van der Waals surface area (Å²) < 4.78 is 5.57. The van der Waals surface area contributed by atoms with Crippen LogP contribution >= 0.6 is 22.7 Å². The molecule has 0 aliphatic heterocycles. The Balaban J connectivity index is 1.08. The van der Waals surface area contributed by atoms with Crippen LogP contribution in [0.2, 0.25) is 0 Å². The van der Waals surface area contributed by atoms with E-state index in [2.05, 4.69) is 146 Å². The zero-order valence-electron chi connectivity index (χ0n) is 22.7. The standard InChI is InChI=1S/C40H24S2/c1-2-6-25(7-3-1)26-10-12-27(13-11-26)28-14-16-29(17-15-28)32-18-19-33-24-38-36(22-34(33)20-32)40-39(42-38)35-21-30-8-4-5-9-31(30)23-37(35)41-40/h1-24H. The minimum atomic E-state index is 1.24. The molecule has 0 saturated carbocycles. The van der Waals surface area contributed by atoms with Crippen LogP contribution in [0.3, 0.4) is 0 Å². The Labute approximate surface area is 251 Å². The Kier molecular flexibility index (Phi) is 5.34. The number of benzene rings is 7. The summed E-state index contributed by atoms with van der Waals surface area (Å²) in [5, 5.41) is 7.97. The zero-order valence-corrected chi connectivity index (χ0v) is 24.3. The van der Waals surface area contributed by atoms with Crippen molar-refractivity contribution in [2.24, 2.45) is 0 Å². The van der Waals surface area contributed by atoms with E-state index in [-0.39, 0.29) is 0 Å². The Morgan fingerprint density at radius 1 is 0.286 bits per heavy atom. The summed E-state index contributed by atoms with van der Waals surface area (Å²) in [6, 6.07) is 53.5. The lowest BCUT2D eigenvalue weighted by molar-refractivity contribution is 1.58. The first-order valence-electron chi connectivity index (χ1n) is 14.2. The maximum Gasteiger partial charge on any atom is 0.0542 e. The van der Waals surface area contributed by atoms with Crippen molar-refractivity contribution < 1.29 is 0 Å². The maximum atomic E-state index is 2.41. The molecule has 0 bridgehead atoms. The van der Waals surface area contributed by atoms with Crippen molar-refractivity contribution in [1.29, 1.82) is 0 Å². The second-order valence-corrected chi connectivity index (χ2v) is 13.1. The van der Waals surface area contributed by atoms with E-state index < -0.39 is 0 Å². The van der Waals surface area contributed by atoms with Crippen LogP contribution in [0.25, 0.3) is 84.5 Å². The third-order valence-electron chi connectivity index (χ3n) is 8.45. The summed E-state index contributed by atoms with van der Waals surface area (Å²) in [4.78, 5) is 0. The molecule has 2 heteroatoms. The van der Waals surface area contributed by atoms with Crippen LogP contribution in [-0.2, 0) is 0 Å². The van der Waals surface area contributed by atoms with E-state index in [9.17, 15) is 0 Å². The quantitative estimate of drug-likeness (QED) is 0.199. The normalized spacial score (nSPS) is 11.8. The van der Waals surface area contributed by atoms with E-state index >= 15 is 0 Å². The van der Waals surface area contributed by atoms with Gasteiger partial charge < -0.3 is 0 Å². The van der Waals surface area contributed by atoms with Crippen molar-refractivity contribution >= 4 is 73.8 Å². The maximum absolute atomic E-state index is 2.41. The first-order valence-corrected chi connectivity index (χ1v) is 15.9.